The first-order valence-electron chi connectivity index (χ1n) is 4.59. The van der Waals surface area contributed by atoms with Crippen molar-refractivity contribution in [3.05, 3.63) is 22.4 Å². The molecule has 3 heteroatoms. The van der Waals surface area contributed by atoms with E-state index in [0.717, 1.165) is 26.1 Å². The number of rotatable bonds is 3. The van der Waals surface area contributed by atoms with E-state index in [4.69, 9.17) is 16.3 Å². The average molecular weight is 217 g/mol. The minimum atomic E-state index is 0.247. The molecule has 1 aromatic rings. The zero-order valence-electron chi connectivity index (χ0n) is 7.41. The van der Waals surface area contributed by atoms with Gasteiger partial charge in [0.25, 0.3) is 0 Å². The first kappa shape index (κ1) is 9.50. The molecule has 1 aliphatic rings. The Kier molecular flexibility index (Phi) is 3.25. The second-order valence-electron chi connectivity index (χ2n) is 3.48. The van der Waals surface area contributed by atoms with Crippen LogP contribution < -0.4 is 0 Å². The third kappa shape index (κ3) is 2.46. The zero-order chi connectivity index (χ0) is 9.10. The lowest BCUT2D eigenvalue weighted by molar-refractivity contribution is 0.185. The fourth-order valence-electron chi connectivity index (χ4n) is 1.64. The molecule has 2 unspecified atom stereocenters. The molecule has 0 aromatic carbocycles. The lowest BCUT2D eigenvalue weighted by Crippen LogP contribution is -2.17. The van der Waals surface area contributed by atoms with Gasteiger partial charge in [0, 0.05) is 17.9 Å². The van der Waals surface area contributed by atoms with E-state index in [-0.39, 0.29) is 5.38 Å². The largest absolute Gasteiger partial charge is 0.381 e. The van der Waals surface area contributed by atoms with Crippen LogP contribution in [0.2, 0.25) is 0 Å². The summed E-state index contributed by atoms with van der Waals surface area (Å²) >= 11 is 8.04. The standard InChI is InChI=1S/C10H13ClOS/c11-10(9-1-3-12-6-9)5-8-2-4-13-7-8/h2,4,7,9-10H,1,3,5-6H2. The van der Waals surface area contributed by atoms with E-state index in [2.05, 4.69) is 16.8 Å². The predicted molar refractivity (Wildman–Crippen MR) is 56.6 cm³/mol. The second-order valence-corrected chi connectivity index (χ2v) is 4.82. The number of halogens is 1. The molecule has 1 aromatic heterocycles. The monoisotopic (exact) mass is 216 g/mol. The summed E-state index contributed by atoms with van der Waals surface area (Å²) in [5.74, 6) is 0.557. The molecule has 1 nitrogen and oxygen atoms in total. The fourth-order valence-corrected chi connectivity index (χ4v) is 2.70. The van der Waals surface area contributed by atoms with Crippen molar-refractivity contribution < 1.29 is 4.74 Å². The summed E-state index contributed by atoms with van der Waals surface area (Å²) in [4.78, 5) is 0. The number of hydrogen-bond donors (Lipinski definition) is 0. The van der Waals surface area contributed by atoms with Crippen molar-refractivity contribution in [3.63, 3.8) is 0 Å². The van der Waals surface area contributed by atoms with Gasteiger partial charge in [0.1, 0.15) is 0 Å². The molecule has 0 bridgehead atoms. The van der Waals surface area contributed by atoms with Crippen LogP contribution in [0, 0.1) is 5.92 Å². The quantitative estimate of drug-likeness (QED) is 0.706. The molecule has 0 aliphatic carbocycles. The highest BCUT2D eigenvalue weighted by Gasteiger charge is 2.23. The Bertz CT molecular complexity index is 241. The van der Waals surface area contributed by atoms with Crippen molar-refractivity contribution in [2.24, 2.45) is 5.92 Å². The van der Waals surface area contributed by atoms with E-state index in [1.807, 2.05) is 0 Å². The van der Waals surface area contributed by atoms with Crippen molar-refractivity contribution in [1.29, 1.82) is 0 Å². The van der Waals surface area contributed by atoms with E-state index in [9.17, 15) is 0 Å². The van der Waals surface area contributed by atoms with Crippen molar-refractivity contribution in [3.8, 4) is 0 Å². The molecule has 1 fully saturated rings. The van der Waals surface area contributed by atoms with Crippen LogP contribution in [-0.4, -0.2) is 18.6 Å². The molecule has 13 heavy (non-hydrogen) atoms. The van der Waals surface area contributed by atoms with Crippen molar-refractivity contribution in [2.75, 3.05) is 13.2 Å². The predicted octanol–water partition coefficient (Wildman–Crippen LogP) is 2.93. The van der Waals surface area contributed by atoms with E-state index in [1.54, 1.807) is 11.3 Å². The summed E-state index contributed by atoms with van der Waals surface area (Å²) in [6.07, 6.45) is 2.11. The first-order chi connectivity index (χ1) is 6.36. The minimum Gasteiger partial charge on any atom is -0.381 e. The summed E-state index contributed by atoms with van der Waals surface area (Å²) in [6.45, 7) is 1.73. The Labute approximate surface area is 87.7 Å². The van der Waals surface area contributed by atoms with Crippen LogP contribution >= 0.6 is 22.9 Å². The molecule has 2 heterocycles. The Balaban J connectivity index is 1.87. The third-order valence-electron chi connectivity index (χ3n) is 2.49. The maximum absolute atomic E-state index is 6.30. The van der Waals surface area contributed by atoms with E-state index in [1.165, 1.54) is 5.56 Å². The summed E-state index contributed by atoms with van der Waals surface area (Å²) in [5, 5.41) is 4.52. The second kappa shape index (κ2) is 4.45. The molecule has 0 saturated carbocycles. The number of thiophene rings is 1. The molecule has 0 amide bonds. The van der Waals surface area contributed by atoms with Gasteiger partial charge in [-0.25, -0.2) is 0 Å². The van der Waals surface area contributed by atoms with Gasteiger partial charge in [-0.1, -0.05) is 0 Å². The molecule has 2 atom stereocenters. The maximum atomic E-state index is 6.30. The molecule has 0 N–H and O–H groups in total. The van der Waals surface area contributed by atoms with Gasteiger partial charge in [-0.2, -0.15) is 11.3 Å². The lowest BCUT2D eigenvalue weighted by Gasteiger charge is -2.13. The lowest BCUT2D eigenvalue weighted by atomic mass is 10.00. The number of alkyl halides is 1. The summed E-state index contributed by atoms with van der Waals surface area (Å²) < 4.78 is 5.32. The van der Waals surface area contributed by atoms with Gasteiger partial charge in [0.05, 0.1) is 6.61 Å². The SMILES string of the molecule is ClC(Cc1ccsc1)C1CCOC1. The van der Waals surface area contributed by atoms with Crippen molar-refractivity contribution in [1.82, 2.24) is 0 Å². The van der Waals surface area contributed by atoms with E-state index < -0.39 is 0 Å². The summed E-state index contributed by atoms with van der Waals surface area (Å²) in [6, 6.07) is 2.15. The Morgan fingerprint density at radius 2 is 2.62 bits per heavy atom. The van der Waals surface area contributed by atoms with Gasteiger partial charge < -0.3 is 4.74 Å². The molecule has 1 saturated heterocycles. The molecule has 0 spiro atoms. The molecular weight excluding hydrogens is 204 g/mol. The Morgan fingerprint density at radius 3 is 3.23 bits per heavy atom. The topological polar surface area (TPSA) is 9.23 Å². The van der Waals surface area contributed by atoms with Gasteiger partial charge in [-0.3, -0.25) is 0 Å². The van der Waals surface area contributed by atoms with E-state index in [0.29, 0.717) is 5.92 Å². The van der Waals surface area contributed by atoms with E-state index >= 15 is 0 Å². The fraction of sp³-hybridized carbons (Fsp3) is 0.600. The molecule has 72 valence electrons. The highest BCUT2D eigenvalue weighted by atomic mass is 35.5. The Morgan fingerprint density at radius 1 is 1.69 bits per heavy atom. The zero-order valence-corrected chi connectivity index (χ0v) is 8.98. The van der Waals surface area contributed by atoms with Crippen molar-refractivity contribution >= 4 is 22.9 Å². The van der Waals surface area contributed by atoms with Crippen LogP contribution in [0.3, 0.4) is 0 Å². The maximum Gasteiger partial charge on any atom is 0.0509 e. The highest BCUT2D eigenvalue weighted by Crippen LogP contribution is 2.24. The van der Waals surface area contributed by atoms with Crippen LogP contribution in [0.5, 0.6) is 0 Å². The number of ether oxygens (including phenoxy) is 1. The van der Waals surface area contributed by atoms with Gasteiger partial charge in [-0.15, -0.1) is 11.6 Å². The van der Waals surface area contributed by atoms with Gasteiger partial charge in [0.2, 0.25) is 0 Å². The normalized spacial score (nSPS) is 24.8. The first-order valence-corrected chi connectivity index (χ1v) is 5.97. The van der Waals surface area contributed by atoms with Crippen LogP contribution in [0.4, 0.5) is 0 Å². The molecule has 1 aliphatic heterocycles. The van der Waals surface area contributed by atoms with Gasteiger partial charge in [0.15, 0.2) is 0 Å². The van der Waals surface area contributed by atoms with Crippen LogP contribution in [0.1, 0.15) is 12.0 Å². The van der Waals surface area contributed by atoms with Crippen LogP contribution in [0.15, 0.2) is 16.8 Å². The van der Waals surface area contributed by atoms with Crippen LogP contribution in [0.25, 0.3) is 0 Å². The third-order valence-corrected chi connectivity index (χ3v) is 3.73. The average Bonchev–Trinajstić information content (AvgIpc) is 2.74. The smallest absolute Gasteiger partial charge is 0.0509 e. The molecule has 2 rings (SSSR count). The van der Waals surface area contributed by atoms with Gasteiger partial charge in [-0.05, 0) is 35.2 Å². The van der Waals surface area contributed by atoms with Crippen LogP contribution in [-0.2, 0) is 11.2 Å². The highest BCUT2D eigenvalue weighted by molar-refractivity contribution is 7.07. The summed E-state index contributed by atoms with van der Waals surface area (Å²) in [7, 11) is 0. The molecule has 0 radical (unpaired) electrons. The summed E-state index contributed by atoms with van der Waals surface area (Å²) in [5.41, 5.74) is 1.36. The minimum absolute atomic E-state index is 0.247. The Hall–Kier alpha value is -0.0500. The van der Waals surface area contributed by atoms with Crippen molar-refractivity contribution in [2.45, 2.75) is 18.2 Å². The van der Waals surface area contributed by atoms with Gasteiger partial charge >= 0.3 is 0 Å². The molecular formula is C10H13ClOS. The number of hydrogen-bond acceptors (Lipinski definition) is 2.